The van der Waals surface area contributed by atoms with Crippen LogP contribution in [-0.4, -0.2) is 23.8 Å². The molecule has 1 aromatic carbocycles. The summed E-state index contributed by atoms with van der Waals surface area (Å²) in [7, 11) is 0. The number of anilines is 1. The molecule has 0 aliphatic heterocycles. The van der Waals surface area contributed by atoms with Gasteiger partial charge in [-0.1, -0.05) is 6.08 Å². The predicted molar refractivity (Wildman–Crippen MR) is 75.4 cm³/mol. The normalized spacial score (nSPS) is 11.9. The summed E-state index contributed by atoms with van der Waals surface area (Å²) in [6.45, 7) is 4.64. The zero-order valence-corrected chi connectivity index (χ0v) is 11.7. The van der Waals surface area contributed by atoms with E-state index in [1.54, 1.807) is 31.2 Å². The van der Waals surface area contributed by atoms with Crippen molar-refractivity contribution in [1.29, 1.82) is 0 Å². The zero-order chi connectivity index (χ0) is 15.1. The lowest BCUT2D eigenvalue weighted by atomic mass is 10.1. The Balaban J connectivity index is 2.61. The minimum atomic E-state index is -0.897. The number of benzene rings is 1. The van der Waals surface area contributed by atoms with E-state index in [0.29, 0.717) is 11.3 Å². The van der Waals surface area contributed by atoms with E-state index in [0.717, 1.165) is 0 Å². The molecule has 20 heavy (non-hydrogen) atoms. The van der Waals surface area contributed by atoms with E-state index in [2.05, 4.69) is 5.32 Å². The summed E-state index contributed by atoms with van der Waals surface area (Å²) in [4.78, 5) is 34.1. The van der Waals surface area contributed by atoms with Crippen LogP contribution in [0.5, 0.6) is 0 Å². The van der Waals surface area contributed by atoms with Gasteiger partial charge in [-0.25, -0.2) is 4.79 Å². The first-order valence-corrected chi connectivity index (χ1v) is 6.19. The van der Waals surface area contributed by atoms with E-state index in [1.165, 1.54) is 26.0 Å². The third kappa shape index (κ3) is 4.68. The summed E-state index contributed by atoms with van der Waals surface area (Å²) in [5, 5.41) is 2.60. The Labute approximate surface area is 117 Å². The largest absolute Gasteiger partial charge is 0.449 e. The lowest BCUT2D eigenvalue weighted by Gasteiger charge is -2.12. The quantitative estimate of drug-likeness (QED) is 0.508. The number of Topliss-reactive ketones (excluding diaryl/α,β-unsaturated/α-hetero) is 1. The number of rotatable bonds is 5. The number of carbonyl (C=O) groups excluding carboxylic acids is 3. The van der Waals surface area contributed by atoms with Crippen LogP contribution in [0.3, 0.4) is 0 Å². The van der Waals surface area contributed by atoms with Crippen molar-refractivity contribution in [1.82, 2.24) is 0 Å². The van der Waals surface area contributed by atoms with Crippen LogP contribution in [0, 0.1) is 0 Å². The molecule has 106 valence electrons. The third-order valence-electron chi connectivity index (χ3n) is 2.52. The van der Waals surface area contributed by atoms with Crippen LogP contribution in [0.15, 0.2) is 36.4 Å². The third-order valence-corrected chi connectivity index (χ3v) is 2.52. The molecule has 0 aliphatic rings. The van der Waals surface area contributed by atoms with Gasteiger partial charge in [-0.05, 0) is 45.0 Å². The van der Waals surface area contributed by atoms with Crippen LogP contribution < -0.4 is 5.32 Å². The minimum absolute atomic E-state index is 0.0449. The number of nitrogens with one attached hydrogen (secondary N) is 1. The molecular weight excluding hydrogens is 258 g/mol. The number of allylic oxidation sites excluding steroid dienone is 1. The number of hydrogen-bond acceptors (Lipinski definition) is 4. The molecular formula is C15H17NO4. The van der Waals surface area contributed by atoms with Crippen LogP contribution >= 0.6 is 0 Å². The van der Waals surface area contributed by atoms with Crippen molar-refractivity contribution in [2.24, 2.45) is 0 Å². The van der Waals surface area contributed by atoms with E-state index in [1.807, 2.05) is 0 Å². The Bertz CT molecular complexity index is 531. The Morgan fingerprint density at radius 2 is 1.80 bits per heavy atom. The first kappa shape index (κ1) is 15.6. The Kier molecular flexibility index (Phi) is 5.65. The molecule has 5 heteroatoms. The van der Waals surface area contributed by atoms with Gasteiger partial charge in [-0.3, -0.25) is 9.59 Å². The molecule has 5 nitrogen and oxygen atoms in total. The lowest BCUT2D eigenvalue weighted by Crippen LogP contribution is -2.29. The number of carbonyl (C=O) groups is 3. The number of ether oxygens (including phenoxy) is 1. The summed E-state index contributed by atoms with van der Waals surface area (Å²) in [5.74, 6) is -1.04. The summed E-state index contributed by atoms with van der Waals surface area (Å²) in [6.07, 6.45) is 1.88. The Morgan fingerprint density at radius 3 is 2.30 bits per heavy atom. The fourth-order valence-electron chi connectivity index (χ4n) is 1.44. The smallest absolute Gasteiger partial charge is 0.331 e. The van der Waals surface area contributed by atoms with Gasteiger partial charge in [-0.2, -0.15) is 0 Å². The maximum atomic E-state index is 11.8. The van der Waals surface area contributed by atoms with Gasteiger partial charge in [0, 0.05) is 17.3 Å². The molecule has 0 aliphatic carbocycles. The maximum Gasteiger partial charge on any atom is 0.331 e. The molecule has 1 amide bonds. The number of ketones is 1. The molecule has 1 unspecified atom stereocenters. The maximum absolute atomic E-state index is 11.8. The molecule has 0 saturated carbocycles. The first-order valence-electron chi connectivity index (χ1n) is 6.19. The standard InChI is InChI=1S/C15H17NO4/c1-4-5-14(18)20-11(3)15(19)16-13-8-6-12(7-9-13)10(2)17/h4-9,11H,1-3H3,(H,16,19). The van der Waals surface area contributed by atoms with Crippen LogP contribution in [-0.2, 0) is 14.3 Å². The predicted octanol–water partition coefficient (Wildman–Crippen LogP) is 2.34. The zero-order valence-electron chi connectivity index (χ0n) is 11.7. The second-order valence-corrected chi connectivity index (χ2v) is 4.20. The van der Waals surface area contributed by atoms with Crippen molar-refractivity contribution in [2.75, 3.05) is 5.32 Å². The van der Waals surface area contributed by atoms with Crippen molar-refractivity contribution < 1.29 is 19.1 Å². The number of amides is 1. The lowest BCUT2D eigenvalue weighted by molar-refractivity contribution is -0.148. The van der Waals surface area contributed by atoms with E-state index >= 15 is 0 Å². The number of hydrogen-bond donors (Lipinski definition) is 1. The van der Waals surface area contributed by atoms with Gasteiger partial charge in [0.1, 0.15) is 0 Å². The number of esters is 1. The molecule has 0 fully saturated rings. The topological polar surface area (TPSA) is 72.5 Å². The van der Waals surface area contributed by atoms with Gasteiger partial charge in [-0.15, -0.1) is 0 Å². The van der Waals surface area contributed by atoms with Gasteiger partial charge in [0.05, 0.1) is 0 Å². The molecule has 0 radical (unpaired) electrons. The average molecular weight is 275 g/mol. The van der Waals surface area contributed by atoms with Crippen LogP contribution in [0.25, 0.3) is 0 Å². The van der Waals surface area contributed by atoms with Crippen molar-refractivity contribution in [3.63, 3.8) is 0 Å². The molecule has 0 spiro atoms. The van der Waals surface area contributed by atoms with Gasteiger partial charge < -0.3 is 10.1 Å². The highest BCUT2D eigenvalue weighted by Gasteiger charge is 2.16. The molecule has 0 aromatic heterocycles. The second-order valence-electron chi connectivity index (χ2n) is 4.20. The van der Waals surface area contributed by atoms with Crippen LogP contribution in [0.2, 0.25) is 0 Å². The van der Waals surface area contributed by atoms with Crippen molar-refractivity contribution in [3.05, 3.63) is 42.0 Å². The molecule has 0 bridgehead atoms. The van der Waals surface area contributed by atoms with Crippen molar-refractivity contribution in [3.8, 4) is 0 Å². The second kappa shape index (κ2) is 7.23. The SMILES string of the molecule is CC=CC(=O)OC(C)C(=O)Nc1ccc(C(C)=O)cc1. The Morgan fingerprint density at radius 1 is 1.20 bits per heavy atom. The first-order chi connectivity index (χ1) is 9.43. The highest BCUT2D eigenvalue weighted by Crippen LogP contribution is 2.11. The molecule has 1 rings (SSSR count). The summed E-state index contributed by atoms with van der Waals surface area (Å²) in [5.41, 5.74) is 1.10. The molecule has 0 saturated heterocycles. The highest BCUT2D eigenvalue weighted by atomic mass is 16.5. The van der Waals surface area contributed by atoms with Gasteiger partial charge >= 0.3 is 5.97 Å². The average Bonchev–Trinajstić information content (AvgIpc) is 2.39. The van der Waals surface area contributed by atoms with E-state index in [9.17, 15) is 14.4 Å². The fraction of sp³-hybridized carbons (Fsp3) is 0.267. The Hall–Kier alpha value is -2.43. The fourth-order valence-corrected chi connectivity index (χ4v) is 1.44. The molecule has 1 atom stereocenters. The van der Waals surface area contributed by atoms with Crippen LogP contribution in [0.4, 0.5) is 5.69 Å². The van der Waals surface area contributed by atoms with E-state index < -0.39 is 18.0 Å². The van der Waals surface area contributed by atoms with Crippen molar-refractivity contribution in [2.45, 2.75) is 26.9 Å². The monoisotopic (exact) mass is 275 g/mol. The van der Waals surface area contributed by atoms with E-state index in [-0.39, 0.29) is 5.78 Å². The molecule has 1 N–H and O–H groups in total. The minimum Gasteiger partial charge on any atom is -0.449 e. The summed E-state index contributed by atoms with van der Waals surface area (Å²) >= 11 is 0. The van der Waals surface area contributed by atoms with Crippen molar-refractivity contribution >= 4 is 23.3 Å². The highest BCUT2D eigenvalue weighted by molar-refractivity contribution is 5.97. The summed E-state index contributed by atoms with van der Waals surface area (Å²) in [6, 6.07) is 6.48. The van der Waals surface area contributed by atoms with Gasteiger partial charge in [0.15, 0.2) is 11.9 Å². The van der Waals surface area contributed by atoms with Gasteiger partial charge in [0.25, 0.3) is 5.91 Å². The van der Waals surface area contributed by atoms with Gasteiger partial charge in [0.2, 0.25) is 0 Å². The van der Waals surface area contributed by atoms with E-state index in [4.69, 9.17) is 4.74 Å². The van der Waals surface area contributed by atoms with Crippen LogP contribution in [0.1, 0.15) is 31.1 Å². The summed E-state index contributed by atoms with van der Waals surface area (Å²) < 4.78 is 4.89. The molecule has 1 aromatic rings. The molecule has 0 heterocycles.